The molecule has 0 radical (unpaired) electrons. The normalized spacial score (nSPS) is 22.1. The SMILES string of the molecule is COc1ccc(C(Nc2ccn([C@@H]3O[C@@](CO)(CCl)[C@@H](C)[C@@H]3F)c(=O)n2)(c2ccccc2)c2ccc(OC)cc2)cc1. The minimum Gasteiger partial charge on any atom is -0.497 e. The molecule has 8 nitrogen and oxygen atoms in total. The summed E-state index contributed by atoms with van der Waals surface area (Å²) in [4.78, 5) is 17.7. The molecule has 0 bridgehead atoms. The van der Waals surface area contributed by atoms with Gasteiger partial charge in [-0.05, 0) is 47.0 Å². The highest BCUT2D eigenvalue weighted by Gasteiger charge is 2.53. The van der Waals surface area contributed by atoms with Crippen LogP contribution in [-0.2, 0) is 10.3 Å². The number of anilines is 1. The zero-order valence-electron chi connectivity index (χ0n) is 23.5. The van der Waals surface area contributed by atoms with Gasteiger partial charge in [0.2, 0.25) is 0 Å². The zero-order chi connectivity index (χ0) is 29.9. The summed E-state index contributed by atoms with van der Waals surface area (Å²) < 4.78 is 33.1. The molecule has 1 saturated heterocycles. The van der Waals surface area contributed by atoms with Gasteiger partial charge in [-0.2, -0.15) is 4.98 Å². The second-order valence-electron chi connectivity index (χ2n) is 10.3. The first-order valence-corrected chi connectivity index (χ1v) is 14.1. The third-order valence-corrected chi connectivity index (χ3v) is 8.55. The van der Waals surface area contributed by atoms with Gasteiger partial charge < -0.3 is 24.6 Å². The van der Waals surface area contributed by atoms with Gasteiger partial charge >= 0.3 is 5.69 Å². The van der Waals surface area contributed by atoms with Gasteiger partial charge in [0.05, 0.1) is 26.7 Å². The van der Waals surface area contributed by atoms with Crippen molar-refractivity contribution in [3.63, 3.8) is 0 Å². The van der Waals surface area contributed by atoms with E-state index < -0.39 is 41.8 Å². The number of benzene rings is 3. The van der Waals surface area contributed by atoms with E-state index in [1.165, 1.54) is 6.20 Å². The van der Waals surface area contributed by atoms with E-state index >= 15 is 4.39 Å². The summed E-state index contributed by atoms with van der Waals surface area (Å²) in [5.74, 6) is 0.800. The number of nitrogens with zero attached hydrogens (tertiary/aromatic N) is 2. The molecular formula is C32H33ClFN3O5. The summed E-state index contributed by atoms with van der Waals surface area (Å²) in [7, 11) is 3.21. The topological polar surface area (TPSA) is 94.8 Å². The maximum absolute atomic E-state index is 15.4. The zero-order valence-corrected chi connectivity index (χ0v) is 24.3. The van der Waals surface area contributed by atoms with Gasteiger partial charge in [0.1, 0.15) is 28.5 Å². The molecule has 1 aliphatic heterocycles. The van der Waals surface area contributed by atoms with Crippen LogP contribution in [0.15, 0.2) is 95.9 Å². The van der Waals surface area contributed by atoms with E-state index in [9.17, 15) is 9.90 Å². The van der Waals surface area contributed by atoms with Crippen LogP contribution in [0.2, 0.25) is 0 Å². The molecule has 4 atom stereocenters. The predicted molar refractivity (Wildman–Crippen MR) is 159 cm³/mol. The van der Waals surface area contributed by atoms with Gasteiger partial charge in [-0.15, -0.1) is 11.6 Å². The first-order chi connectivity index (χ1) is 20.3. The summed E-state index contributed by atoms with van der Waals surface area (Å²) in [5, 5.41) is 13.4. The number of halogens is 2. The average molecular weight is 594 g/mol. The fourth-order valence-electron chi connectivity index (χ4n) is 5.49. The van der Waals surface area contributed by atoms with Crippen LogP contribution in [0.1, 0.15) is 29.8 Å². The molecule has 3 aromatic carbocycles. The maximum Gasteiger partial charge on any atom is 0.351 e. The summed E-state index contributed by atoms with van der Waals surface area (Å²) in [6, 6.07) is 26.7. The Morgan fingerprint density at radius 3 is 1.98 bits per heavy atom. The van der Waals surface area contributed by atoms with Crippen LogP contribution in [0.25, 0.3) is 0 Å². The highest BCUT2D eigenvalue weighted by Crippen LogP contribution is 2.44. The van der Waals surface area contributed by atoms with Crippen molar-refractivity contribution >= 4 is 17.4 Å². The Bertz CT molecular complexity index is 1500. The van der Waals surface area contributed by atoms with Crippen molar-refractivity contribution in [2.24, 2.45) is 5.92 Å². The molecule has 1 aliphatic rings. The molecule has 0 unspecified atom stereocenters. The van der Waals surface area contributed by atoms with Crippen LogP contribution in [0.4, 0.5) is 10.2 Å². The molecule has 5 rings (SSSR count). The molecule has 0 saturated carbocycles. The van der Waals surface area contributed by atoms with Crippen molar-refractivity contribution in [3.8, 4) is 11.5 Å². The first-order valence-electron chi connectivity index (χ1n) is 13.5. The smallest absolute Gasteiger partial charge is 0.351 e. The minimum absolute atomic E-state index is 0.118. The Morgan fingerprint density at radius 1 is 0.976 bits per heavy atom. The second kappa shape index (κ2) is 12.1. The van der Waals surface area contributed by atoms with Gasteiger partial charge in [-0.3, -0.25) is 4.57 Å². The molecular weight excluding hydrogens is 561 g/mol. The highest BCUT2D eigenvalue weighted by atomic mass is 35.5. The molecule has 0 aliphatic carbocycles. The molecule has 0 amide bonds. The second-order valence-corrected chi connectivity index (χ2v) is 10.6. The first kappa shape index (κ1) is 29.6. The van der Waals surface area contributed by atoms with Crippen molar-refractivity contribution in [3.05, 3.63) is 118 Å². The van der Waals surface area contributed by atoms with Gasteiger partial charge in [-0.1, -0.05) is 61.5 Å². The number of ether oxygens (including phenoxy) is 3. The van der Waals surface area contributed by atoms with E-state index in [-0.39, 0.29) is 11.7 Å². The number of alkyl halides is 2. The minimum atomic E-state index is -1.57. The van der Waals surface area contributed by atoms with Crippen LogP contribution >= 0.6 is 11.6 Å². The molecule has 2 heterocycles. The summed E-state index contributed by atoms with van der Waals surface area (Å²) in [6.45, 7) is 1.13. The number of rotatable bonds is 10. The number of hydrogen-bond acceptors (Lipinski definition) is 7. The van der Waals surface area contributed by atoms with Crippen molar-refractivity contribution < 1.29 is 23.7 Å². The molecule has 220 valence electrons. The number of nitrogens with one attached hydrogen (secondary N) is 1. The third-order valence-electron chi connectivity index (χ3n) is 8.10. The van der Waals surface area contributed by atoms with Gasteiger partial charge in [0.25, 0.3) is 0 Å². The molecule has 1 aromatic heterocycles. The van der Waals surface area contributed by atoms with Gasteiger partial charge in [-0.25, -0.2) is 9.18 Å². The predicted octanol–water partition coefficient (Wildman–Crippen LogP) is 5.14. The number of hydrogen-bond donors (Lipinski definition) is 2. The Balaban J connectivity index is 1.63. The lowest BCUT2D eigenvalue weighted by atomic mass is 9.77. The number of aliphatic hydroxyl groups is 1. The Labute approximate surface area is 248 Å². The summed E-state index contributed by atoms with van der Waals surface area (Å²) in [6.07, 6.45) is -1.40. The van der Waals surface area contributed by atoms with Crippen LogP contribution in [0.3, 0.4) is 0 Å². The fourth-order valence-corrected chi connectivity index (χ4v) is 5.88. The summed E-state index contributed by atoms with van der Waals surface area (Å²) in [5.41, 5.74) is -0.411. The van der Waals surface area contributed by atoms with Crippen molar-refractivity contribution in [2.75, 3.05) is 32.0 Å². The molecule has 0 spiro atoms. The van der Waals surface area contributed by atoms with E-state index in [0.29, 0.717) is 11.5 Å². The van der Waals surface area contributed by atoms with E-state index in [0.717, 1.165) is 21.3 Å². The number of aliphatic hydroxyl groups excluding tert-OH is 1. The van der Waals surface area contributed by atoms with Crippen LogP contribution in [0.5, 0.6) is 11.5 Å². The third kappa shape index (κ3) is 5.12. The van der Waals surface area contributed by atoms with E-state index in [1.54, 1.807) is 27.2 Å². The highest BCUT2D eigenvalue weighted by molar-refractivity contribution is 6.18. The van der Waals surface area contributed by atoms with E-state index in [1.807, 2.05) is 78.9 Å². The van der Waals surface area contributed by atoms with Crippen LogP contribution in [-0.4, -0.2) is 53.1 Å². The van der Waals surface area contributed by atoms with Crippen molar-refractivity contribution in [1.29, 1.82) is 0 Å². The monoisotopic (exact) mass is 593 g/mol. The lowest BCUT2D eigenvalue weighted by Crippen LogP contribution is -2.42. The number of aromatic nitrogens is 2. The van der Waals surface area contributed by atoms with Crippen LogP contribution in [0, 0.1) is 5.92 Å². The largest absolute Gasteiger partial charge is 0.497 e. The Hall–Kier alpha value is -3.92. The van der Waals surface area contributed by atoms with Crippen molar-refractivity contribution in [2.45, 2.75) is 30.5 Å². The Kier molecular flexibility index (Phi) is 8.54. The lowest BCUT2D eigenvalue weighted by molar-refractivity contribution is -0.101. The molecule has 4 aromatic rings. The quantitative estimate of drug-likeness (QED) is 0.194. The molecule has 42 heavy (non-hydrogen) atoms. The van der Waals surface area contributed by atoms with Crippen LogP contribution < -0.4 is 20.5 Å². The van der Waals surface area contributed by atoms with E-state index in [2.05, 4.69) is 10.3 Å². The van der Waals surface area contributed by atoms with Gasteiger partial charge in [0.15, 0.2) is 12.4 Å². The molecule has 1 fully saturated rings. The van der Waals surface area contributed by atoms with E-state index in [4.69, 9.17) is 25.8 Å². The van der Waals surface area contributed by atoms with Gasteiger partial charge in [0, 0.05) is 12.1 Å². The fraction of sp³-hybridized carbons (Fsp3) is 0.312. The number of methoxy groups -OCH3 is 2. The molecule has 2 N–H and O–H groups in total. The maximum atomic E-state index is 15.4. The summed E-state index contributed by atoms with van der Waals surface area (Å²) >= 11 is 6.05. The Morgan fingerprint density at radius 2 is 1.52 bits per heavy atom. The average Bonchev–Trinajstić information content (AvgIpc) is 3.30. The lowest BCUT2D eigenvalue weighted by Gasteiger charge is -2.37. The van der Waals surface area contributed by atoms with Crippen molar-refractivity contribution in [1.82, 2.24) is 9.55 Å². The standard InChI is InChI=1S/C32H33ClFN3O5/c1-21-28(34)29(42-31(21,19-33)20-38)37-18-17-27(35-30(37)39)36-32(22-7-5-4-6-8-22,23-9-13-25(40-2)14-10-23)24-11-15-26(41-3)16-12-24/h4-18,21,28-29,38H,19-20H2,1-3H3,(H,35,36,39)/t21-,28-,29+,31+/m0/s1. The molecule has 10 heteroatoms.